The highest BCUT2D eigenvalue weighted by Crippen LogP contribution is 2.53. The van der Waals surface area contributed by atoms with Crippen LogP contribution in [0.15, 0.2) is 36.4 Å². The second-order valence-electron chi connectivity index (χ2n) is 11.1. The lowest BCUT2D eigenvalue weighted by atomic mass is 9.64. The topological polar surface area (TPSA) is 50.5 Å². The number of hydrogen-bond acceptors (Lipinski definition) is 4. The summed E-state index contributed by atoms with van der Waals surface area (Å²) in [6.45, 7) is 8.27. The summed E-state index contributed by atoms with van der Waals surface area (Å²) < 4.78 is 31.2. The number of aliphatic hydroxyl groups is 1. The van der Waals surface area contributed by atoms with E-state index >= 15 is 8.78 Å². The van der Waals surface area contributed by atoms with E-state index in [0.29, 0.717) is 39.0 Å². The van der Waals surface area contributed by atoms with Crippen molar-refractivity contribution in [3.63, 3.8) is 0 Å². The zero-order chi connectivity index (χ0) is 28.1. The van der Waals surface area contributed by atoms with E-state index in [-0.39, 0.29) is 33.2 Å². The standard InChI is InChI=1S/C30H35Cl2F2N3O/c1-5-36(13-6-7-16-38)14-15-37-19-24(22-9-8-10-25(32)28(22)34)30(20-35,27(37)18-29(2,3)4)23-12-11-21(31)17-26(23)33/h1,8-12,17,24,27,38H,6-7,13-16,18-19H2,2-4H3/t24-,27+,30-/m1/s1. The molecule has 38 heavy (non-hydrogen) atoms. The van der Waals surface area contributed by atoms with Gasteiger partial charge in [0.1, 0.15) is 17.0 Å². The first-order valence-corrected chi connectivity index (χ1v) is 13.6. The number of halogens is 4. The third-order valence-corrected chi connectivity index (χ3v) is 7.86. The van der Waals surface area contributed by atoms with Crippen molar-refractivity contribution >= 4 is 23.2 Å². The van der Waals surface area contributed by atoms with Crippen LogP contribution in [0.25, 0.3) is 0 Å². The number of benzene rings is 2. The van der Waals surface area contributed by atoms with Gasteiger partial charge >= 0.3 is 0 Å². The van der Waals surface area contributed by atoms with Gasteiger partial charge in [-0.05, 0) is 48.4 Å². The normalized spacial score (nSPS) is 21.7. The lowest BCUT2D eigenvalue weighted by molar-refractivity contribution is 0.154. The summed E-state index contributed by atoms with van der Waals surface area (Å²) in [7, 11) is 0. The van der Waals surface area contributed by atoms with Crippen molar-refractivity contribution in [3.05, 3.63) is 69.2 Å². The van der Waals surface area contributed by atoms with E-state index in [1.54, 1.807) is 24.3 Å². The molecule has 4 nitrogen and oxygen atoms in total. The molecule has 2 aromatic carbocycles. The van der Waals surface area contributed by atoms with Gasteiger partial charge < -0.3 is 10.0 Å². The van der Waals surface area contributed by atoms with E-state index in [4.69, 9.17) is 34.7 Å². The number of nitriles is 1. The Morgan fingerprint density at radius 3 is 2.53 bits per heavy atom. The monoisotopic (exact) mass is 561 g/mol. The number of hydrogen-bond donors (Lipinski definition) is 1. The second kappa shape index (κ2) is 12.7. The van der Waals surface area contributed by atoms with Gasteiger partial charge in [0.15, 0.2) is 0 Å². The van der Waals surface area contributed by atoms with Crippen LogP contribution in [-0.4, -0.2) is 53.7 Å². The first kappa shape index (κ1) is 30.2. The molecule has 3 rings (SSSR count). The Morgan fingerprint density at radius 2 is 1.92 bits per heavy atom. The van der Waals surface area contributed by atoms with E-state index in [1.165, 1.54) is 12.1 Å². The SMILES string of the molecule is C#CN(CCCCO)CCN1C[C@H](c2cccc(Cl)c2F)[C@@](C#N)(c2ccc(Cl)cc2F)[C@@H]1CC(C)(C)C. The third kappa shape index (κ3) is 6.44. The smallest absolute Gasteiger partial charge is 0.145 e. The molecule has 0 unspecified atom stereocenters. The van der Waals surface area contributed by atoms with Crippen molar-refractivity contribution in [3.8, 4) is 18.5 Å². The number of rotatable bonds is 10. The van der Waals surface area contributed by atoms with Gasteiger partial charge in [0.05, 0.1) is 11.1 Å². The average molecular weight is 563 g/mol. The van der Waals surface area contributed by atoms with Crippen molar-refractivity contribution in [1.29, 1.82) is 5.26 Å². The molecular formula is C30H35Cl2F2N3O. The van der Waals surface area contributed by atoms with Gasteiger partial charge in [-0.2, -0.15) is 5.26 Å². The molecule has 0 aromatic heterocycles. The van der Waals surface area contributed by atoms with Gasteiger partial charge in [0.25, 0.3) is 0 Å². The minimum Gasteiger partial charge on any atom is -0.396 e. The van der Waals surface area contributed by atoms with Crippen molar-refractivity contribution in [2.45, 2.75) is 57.4 Å². The molecule has 1 N–H and O–H groups in total. The van der Waals surface area contributed by atoms with Crippen molar-refractivity contribution in [2.75, 3.05) is 32.8 Å². The van der Waals surface area contributed by atoms with E-state index in [9.17, 15) is 5.26 Å². The first-order chi connectivity index (χ1) is 18.0. The molecule has 0 bridgehead atoms. The van der Waals surface area contributed by atoms with Crippen molar-refractivity contribution in [2.24, 2.45) is 5.41 Å². The number of terminal acetylenes is 1. The molecule has 3 atom stereocenters. The third-order valence-electron chi connectivity index (χ3n) is 7.33. The van der Waals surface area contributed by atoms with Crippen LogP contribution >= 0.6 is 23.2 Å². The lowest BCUT2D eigenvalue weighted by Gasteiger charge is -2.40. The molecule has 0 radical (unpaired) electrons. The summed E-state index contributed by atoms with van der Waals surface area (Å²) in [4.78, 5) is 3.98. The summed E-state index contributed by atoms with van der Waals surface area (Å²) >= 11 is 12.3. The fourth-order valence-electron chi connectivity index (χ4n) is 5.59. The largest absolute Gasteiger partial charge is 0.396 e. The van der Waals surface area contributed by atoms with Crippen LogP contribution in [0.1, 0.15) is 57.1 Å². The molecule has 0 spiro atoms. The second-order valence-corrected chi connectivity index (χ2v) is 12.0. The highest BCUT2D eigenvalue weighted by atomic mass is 35.5. The van der Waals surface area contributed by atoms with E-state index in [1.807, 2.05) is 4.90 Å². The van der Waals surface area contributed by atoms with E-state index in [2.05, 4.69) is 37.8 Å². The Morgan fingerprint density at radius 1 is 1.18 bits per heavy atom. The molecule has 1 saturated heterocycles. The molecule has 204 valence electrons. The Labute approximate surface area is 235 Å². The minimum absolute atomic E-state index is 0.0425. The summed E-state index contributed by atoms with van der Waals surface area (Å²) in [5.41, 5.74) is -1.15. The summed E-state index contributed by atoms with van der Waals surface area (Å²) in [6.07, 6.45) is 7.71. The molecule has 2 aromatic rings. The predicted molar refractivity (Wildman–Crippen MR) is 149 cm³/mol. The fourth-order valence-corrected chi connectivity index (χ4v) is 5.93. The Balaban J connectivity index is 2.16. The predicted octanol–water partition coefficient (Wildman–Crippen LogP) is 6.60. The lowest BCUT2D eigenvalue weighted by Crippen LogP contribution is -2.47. The molecule has 0 amide bonds. The van der Waals surface area contributed by atoms with Gasteiger partial charge in [0, 0.05) is 61.4 Å². The quantitative estimate of drug-likeness (QED) is 0.201. The van der Waals surface area contributed by atoms with Crippen molar-refractivity contribution in [1.82, 2.24) is 9.80 Å². The van der Waals surface area contributed by atoms with Gasteiger partial charge in [-0.3, -0.25) is 4.90 Å². The van der Waals surface area contributed by atoms with Crippen LogP contribution in [0, 0.1) is 40.8 Å². The maximum absolute atomic E-state index is 15.6. The zero-order valence-corrected chi connectivity index (χ0v) is 23.7. The number of nitrogens with zero attached hydrogens (tertiary/aromatic N) is 3. The van der Waals surface area contributed by atoms with Gasteiger partial charge in [-0.25, -0.2) is 8.78 Å². The molecule has 0 saturated carbocycles. The maximum atomic E-state index is 15.6. The molecule has 1 heterocycles. The molecular weight excluding hydrogens is 527 g/mol. The first-order valence-electron chi connectivity index (χ1n) is 12.8. The van der Waals surface area contributed by atoms with E-state index < -0.39 is 29.0 Å². The number of unbranched alkanes of at least 4 members (excludes halogenated alkanes) is 1. The van der Waals surface area contributed by atoms with Gasteiger partial charge in [0.2, 0.25) is 0 Å². The summed E-state index contributed by atoms with van der Waals surface area (Å²) in [6, 6.07) is 13.8. The van der Waals surface area contributed by atoms with Crippen LogP contribution in [0.5, 0.6) is 0 Å². The molecule has 1 fully saturated rings. The molecule has 1 aliphatic rings. The molecule has 1 aliphatic heterocycles. The summed E-state index contributed by atoms with van der Waals surface area (Å²) in [5, 5.41) is 20.2. The maximum Gasteiger partial charge on any atom is 0.145 e. The molecule has 8 heteroatoms. The zero-order valence-electron chi connectivity index (χ0n) is 22.2. The van der Waals surface area contributed by atoms with E-state index in [0.717, 1.165) is 6.42 Å². The highest BCUT2D eigenvalue weighted by Gasteiger charge is 2.58. The van der Waals surface area contributed by atoms with Crippen LogP contribution in [0.4, 0.5) is 8.78 Å². The summed E-state index contributed by atoms with van der Waals surface area (Å²) in [5.74, 6) is -1.89. The molecule has 0 aliphatic carbocycles. The number of aliphatic hydroxyl groups excluding tert-OH is 1. The van der Waals surface area contributed by atoms with Crippen LogP contribution in [0.2, 0.25) is 10.0 Å². The highest BCUT2D eigenvalue weighted by molar-refractivity contribution is 6.31. The van der Waals surface area contributed by atoms with Gasteiger partial charge in [-0.15, -0.1) is 0 Å². The van der Waals surface area contributed by atoms with Crippen LogP contribution in [0.3, 0.4) is 0 Å². The Kier molecular flexibility index (Phi) is 10.1. The number of likely N-dealkylation sites (tertiary alicyclic amines) is 1. The fraction of sp³-hybridized carbons (Fsp3) is 0.500. The average Bonchev–Trinajstić information content (AvgIpc) is 3.15. The van der Waals surface area contributed by atoms with Crippen molar-refractivity contribution < 1.29 is 13.9 Å². The Hall–Kier alpha value is -2.35. The Bertz CT molecular complexity index is 1200. The minimum atomic E-state index is -1.41. The van der Waals surface area contributed by atoms with Gasteiger partial charge in [-0.1, -0.05) is 68.6 Å². The van der Waals surface area contributed by atoms with Crippen LogP contribution in [-0.2, 0) is 5.41 Å². The van der Waals surface area contributed by atoms with Crippen LogP contribution < -0.4 is 0 Å².